The van der Waals surface area contributed by atoms with Gasteiger partial charge < -0.3 is 9.47 Å². The summed E-state index contributed by atoms with van der Waals surface area (Å²) in [4.78, 5) is 14.5. The predicted octanol–water partition coefficient (Wildman–Crippen LogP) is 6.37. The van der Waals surface area contributed by atoms with E-state index < -0.39 is 22.7 Å². The summed E-state index contributed by atoms with van der Waals surface area (Å²) in [6.07, 6.45) is -0.777. The van der Waals surface area contributed by atoms with Crippen LogP contribution in [0.15, 0.2) is 87.5 Å². The summed E-state index contributed by atoms with van der Waals surface area (Å²) in [5, 5.41) is 0. The number of carbonyl (C=O) groups is 1. The van der Waals surface area contributed by atoms with E-state index in [4.69, 9.17) is 9.47 Å². The molecule has 0 spiro atoms. The van der Waals surface area contributed by atoms with Crippen molar-refractivity contribution < 1.29 is 23.0 Å². The van der Waals surface area contributed by atoms with Gasteiger partial charge in [-0.2, -0.15) is 0 Å². The molecule has 0 aliphatic heterocycles. The smallest absolute Gasteiger partial charge is 0.428 e. The molecule has 0 amide bonds. The van der Waals surface area contributed by atoms with Crippen LogP contribution in [0.5, 0.6) is 5.75 Å². The van der Waals surface area contributed by atoms with Crippen LogP contribution in [0.3, 0.4) is 0 Å². The Hall–Kier alpha value is -2.86. The molecular formula is C23H21F2O3S+. The van der Waals surface area contributed by atoms with Crippen molar-refractivity contribution in [2.24, 2.45) is 0 Å². The molecule has 0 N–H and O–H groups in total. The van der Waals surface area contributed by atoms with Crippen molar-refractivity contribution in [3.8, 4) is 5.75 Å². The van der Waals surface area contributed by atoms with Crippen LogP contribution < -0.4 is 4.74 Å². The van der Waals surface area contributed by atoms with E-state index in [0.29, 0.717) is 5.75 Å². The highest BCUT2D eigenvalue weighted by atomic mass is 32.2. The monoisotopic (exact) mass is 415 g/mol. The lowest BCUT2D eigenvalue weighted by atomic mass is 10.2. The quantitative estimate of drug-likeness (QED) is 0.282. The van der Waals surface area contributed by atoms with Crippen LogP contribution >= 0.6 is 0 Å². The van der Waals surface area contributed by atoms with E-state index in [-0.39, 0.29) is 11.6 Å². The largest absolute Gasteiger partial charge is 0.514 e. The Kier molecular flexibility index (Phi) is 6.23. The zero-order valence-electron chi connectivity index (χ0n) is 16.3. The molecule has 0 bridgehead atoms. The topological polar surface area (TPSA) is 35.5 Å². The first-order valence-corrected chi connectivity index (χ1v) is 10.2. The van der Waals surface area contributed by atoms with Gasteiger partial charge in [0.1, 0.15) is 23.0 Å². The first-order valence-electron chi connectivity index (χ1n) is 8.98. The van der Waals surface area contributed by atoms with Crippen molar-refractivity contribution in [2.45, 2.75) is 41.1 Å². The summed E-state index contributed by atoms with van der Waals surface area (Å²) in [5.74, 6) is -0.292. The number of carbonyl (C=O) groups excluding carboxylic acids is 1. The molecule has 0 radical (unpaired) electrons. The van der Waals surface area contributed by atoms with Crippen molar-refractivity contribution >= 4 is 17.1 Å². The Labute approximate surface area is 171 Å². The average molecular weight is 415 g/mol. The Morgan fingerprint density at radius 2 is 1.10 bits per heavy atom. The van der Waals surface area contributed by atoms with E-state index in [0.717, 1.165) is 14.7 Å². The molecule has 3 rings (SSSR count). The summed E-state index contributed by atoms with van der Waals surface area (Å²) in [6, 6.07) is 19.5. The molecule has 0 aromatic heterocycles. The first kappa shape index (κ1) is 20.9. The van der Waals surface area contributed by atoms with E-state index in [2.05, 4.69) is 0 Å². The third-order valence-corrected chi connectivity index (χ3v) is 5.98. The van der Waals surface area contributed by atoms with Crippen LogP contribution in [0.4, 0.5) is 13.6 Å². The van der Waals surface area contributed by atoms with Gasteiger partial charge in [-0.05, 0) is 93.6 Å². The summed E-state index contributed by atoms with van der Waals surface area (Å²) in [7, 11) is -0.573. The number of halogens is 2. The molecule has 0 unspecified atom stereocenters. The molecule has 0 heterocycles. The Morgan fingerprint density at radius 3 is 1.48 bits per heavy atom. The lowest BCUT2D eigenvalue weighted by Gasteiger charge is -2.18. The van der Waals surface area contributed by atoms with Gasteiger partial charge in [0.05, 0.1) is 10.9 Å². The molecule has 0 aliphatic rings. The van der Waals surface area contributed by atoms with Crippen LogP contribution in [0, 0.1) is 11.6 Å². The van der Waals surface area contributed by atoms with Gasteiger partial charge in [0.25, 0.3) is 0 Å². The fraction of sp³-hybridized carbons (Fsp3) is 0.174. The number of hydrogen-bond donors (Lipinski definition) is 0. The van der Waals surface area contributed by atoms with Crippen LogP contribution in [0.25, 0.3) is 0 Å². The number of benzene rings is 3. The molecule has 0 saturated carbocycles. The van der Waals surface area contributed by atoms with E-state index in [9.17, 15) is 13.6 Å². The molecule has 29 heavy (non-hydrogen) atoms. The molecule has 3 aromatic carbocycles. The van der Waals surface area contributed by atoms with Gasteiger partial charge in [0.2, 0.25) is 0 Å². The van der Waals surface area contributed by atoms with Gasteiger partial charge in [0, 0.05) is 0 Å². The van der Waals surface area contributed by atoms with E-state index >= 15 is 0 Å². The zero-order valence-corrected chi connectivity index (χ0v) is 17.1. The molecule has 3 nitrogen and oxygen atoms in total. The Bertz CT molecular complexity index is 918. The molecule has 3 aromatic rings. The molecule has 0 aliphatic carbocycles. The number of hydrogen-bond acceptors (Lipinski definition) is 3. The van der Waals surface area contributed by atoms with Gasteiger partial charge in [-0.3, -0.25) is 0 Å². The minimum atomic E-state index is -0.777. The lowest BCUT2D eigenvalue weighted by molar-refractivity contribution is 0.0206. The minimum Gasteiger partial charge on any atom is -0.428 e. The highest BCUT2D eigenvalue weighted by Crippen LogP contribution is 2.32. The lowest BCUT2D eigenvalue weighted by Crippen LogP contribution is -2.25. The average Bonchev–Trinajstić information content (AvgIpc) is 2.65. The summed E-state index contributed by atoms with van der Waals surface area (Å²) < 4.78 is 37.1. The second-order valence-corrected chi connectivity index (χ2v) is 9.28. The molecular weight excluding hydrogens is 394 g/mol. The van der Waals surface area contributed by atoms with Gasteiger partial charge >= 0.3 is 6.16 Å². The molecule has 0 fully saturated rings. The van der Waals surface area contributed by atoms with E-state index in [1.165, 1.54) is 24.3 Å². The number of ether oxygens (including phenoxy) is 2. The second-order valence-electron chi connectivity index (χ2n) is 7.25. The maximum atomic E-state index is 13.4. The van der Waals surface area contributed by atoms with E-state index in [1.54, 1.807) is 57.2 Å². The summed E-state index contributed by atoms with van der Waals surface area (Å²) >= 11 is 0. The highest BCUT2D eigenvalue weighted by molar-refractivity contribution is 7.97. The maximum Gasteiger partial charge on any atom is 0.514 e. The third kappa shape index (κ3) is 5.81. The summed E-state index contributed by atoms with van der Waals surface area (Å²) in [5.41, 5.74) is -0.644. The van der Waals surface area contributed by atoms with Crippen LogP contribution in [-0.4, -0.2) is 11.8 Å². The Balaban J connectivity index is 1.89. The van der Waals surface area contributed by atoms with Crippen LogP contribution in [0.2, 0.25) is 0 Å². The van der Waals surface area contributed by atoms with Crippen molar-refractivity contribution in [3.05, 3.63) is 84.4 Å². The van der Waals surface area contributed by atoms with Gasteiger partial charge in [-0.25, -0.2) is 13.6 Å². The highest BCUT2D eigenvalue weighted by Gasteiger charge is 2.29. The zero-order chi connectivity index (χ0) is 21.0. The summed E-state index contributed by atoms with van der Waals surface area (Å²) in [6.45, 7) is 5.28. The van der Waals surface area contributed by atoms with Crippen LogP contribution in [-0.2, 0) is 15.6 Å². The molecule has 150 valence electrons. The van der Waals surface area contributed by atoms with Crippen LogP contribution in [0.1, 0.15) is 20.8 Å². The molecule has 6 heteroatoms. The fourth-order valence-electron chi connectivity index (χ4n) is 2.56. The third-order valence-electron chi connectivity index (χ3n) is 3.75. The van der Waals surface area contributed by atoms with Crippen molar-refractivity contribution in [2.75, 3.05) is 0 Å². The van der Waals surface area contributed by atoms with Gasteiger partial charge in [-0.1, -0.05) is 0 Å². The molecule has 0 saturated heterocycles. The van der Waals surface area contributed by atoms with E-state index in [1.807, 2.05) is 12.1 Å². The Morgan fingerprint density at radius 1 is 0.724 bits per heavy atom. The SMILES string of the molecule is CC(C)(C)OC(=O)Oc1ccc([S+](c2ccc(F)cc2)c2ccc(F)cc2)cc1. The van der Waals surface area contributed by atoms with Gasteiger partial charge in [0.15, 0.2) is 14.7 Å². The normalized spacial score (nSPS) is 11.4. The predicted molar refractivity (Wildman–Crippen MR) is 108 cm³/mol. The minimum absolute atomic E-state index is 0.322. The second kappa shape index (κ2) is 8.66. The van der Waals surface area contributed by atoms with Crippen molar-refractivity contribution in [1.82, 2.24) is 0 Å². The maximum absolute atomic E-state index is 13.4. The first-order chi connectivity index (χ1) is 13.7. The standard InChI is InChI=1S/C23H21F2O3S/c1-23(2,3)28-22(26)27-18-8-14-21(15-9-18)29(19-10-4-16(24)5-11-19)20-12-6-17(25)7-13-20/h4-15H,1-3H3/q+1. The fourth-order valence-corrected chi connectivity index (χ4v) is 4.60. The molecule has 0 atom stereocenters. The number of rotatable bonds is 4. The van der Waals surface area contributed by atoms with Crippen molar-refractivity contribution in [1.29, 1.82) is 0 Å². The van der Waals surface area contributed by atoms with Gasteiger partial charge in [-0.15, -0.1) is 0 Å². The van der Waals surface area contributed by atoms with Crippen molar-refractivity contribution in [3.63, 3.8) is 0 Å².